The third-order valence-electron chi connectivity index (χ3n) is 3.44. The first-order valence-corrected chi connectivity index (χ1v) is 5.34. The summed E-state index contributed by atoms with van der Waals surface area (Å²) in [5.74, 6) is 0.506. The molecule has 0 aliphatic carbocycles. The highest BCUT2D eigenvalue weighted by Crippen LogP contribution is 2.43. The van der Waals surface area contributed by atoms with Crippen LogP contribution in [0.25, 0.3) is 0 Å². The van der Waals surface area contributed by atoms with Crippen molar-refractivity contribution in [2.75, 3.05) is 6.61 Å². The van der Waals surface area contributed by atoms with Gasteiger partial charge >= 0.3 is 5.97 Å². The van der Waals surface area contributed by atoms with Gasteiger partial charge in [0.25, 0.3) is 0 Å². The van der Waals surface area contributed by atoms with Crippen LogP contribution < -0.4 is 0 Å². The van der Waals surface area contributed by atoms with E-state index in [4.69, 9.17) is 4.74 Å². The van der Waals surface area contributed by atoms with E-state index in [-0.39, 0.29) is 11.4 Å². The van der Waals surface area contributed by atoms with Gasteiger partial charge in [-0.25, -0.2) is 0 Å². The Hall–Kier alpha value is -0.530. The number of esters is 1. The third kappa shape index (κ3) is 1.72. The molecule has 13 heavy (non-hydrogen) atoms. The fourth-order valence-electron chi connectivity index (χ4n) is 2.33. The molecule has 1 aliphatic rings. The molecule has 1 aliphatic heterocycles. The Labute approximate surface area is 80.7 Å². The van der Waals surface area contributed by atoms with Gasteiger partial charge in [0.05, 0.1) is 12.0 Å². The summed E-state index contributed by atoms with van der Waals surface area (Å²) in [7, 11) is 0. The van der Waals surface area contributed by atoms with E-state index < -0.39 is 0 Å². The Morgan fingerprint density at radius 1 is 1.54 bits per heavy atom. The van der Waals surface area contributed by atoms with Crippen LogP contribution in [-0.2, 0) is 9.53 Å². The van der Waals surface area contributed by atoms with Crippen LogP contribution in [0, 0.1) is 11.3 Å². The van der Waals surface area contributed by atoms with Gasteiger partial charge in [-0.05, 0) is 18.8 Å². The maximum Gasteiger partial charge on any atom is 0.312 e. The molecule has 2 unspecified atom stereocenters. The standard InChI is InChI=1S/C11H20O2/c1-4-6-11(9(3)5-2)7-8-13-10(11)12/h9H,4-8H2,1-3H3. The summed E-state index contributed by atoms with van der Waals surface area (Å²) in [5, 5.41) is 0. The Balaban J connectivity index is 2.79. The van der Waals surface area contributed by atoms with Gasteiger partial charge in [0.15, 0.2) is 0 Å². The number of hydrogen-bond acceptors (Lipinski definition) is 2. The lowest BCUT2D eigenvalue weighted by atomic mass is 9.71. The fourth-order valence-corrected chi connectivity index (χ4v) is 2.33. The van der Waals surface area contributed by atoms with Crippen molar-refractivity contribution in [3.05, 3.63) is 0 Å². The van der Waals surface area contributed by atoms with Crippen molar-refractivity contribution in [1.29, 1.82) is 0 Å². The molecule has 0 radical (unpaired) electrons. The van der Waals surface area contributed by atoms with E-state index in [2.05, 4.69) is 20.8 Å². The van der Waals surface area contributed by atoms with Crippen molar-refractivity contribution in [1.82, 2.24) is 0 Å². The van der Waals surface area contributed by atoms with Crippen LogP contribution in [0.4, 0.5) is 0 Å². The number of hydrogen-bond donors (Lipinski definition) is 0. The number of cyclic esters (lactones) is 1. The highest BCUT2D eigenvalue weighted by Gasteiger charge is 2.46. The van der Waals surface area contributed by atoms with Crippen LogP contribution in [0.2, 0.25) is 0 Å². The summed E-state index contributed by atoms with van der Waals surface area (Å²) < 4.78 is 5.11. The maximum atomic E-state index is 11.7. The molecular formula is C11H20O2. The molecule has 0 spiro atoms. The van der Waals surface area contributed by atoms with Crippen molar-refractivity contribution < 1.29 is 9.53 Å². The fraction of sp³-hybridized carbons (Fsp3) is 0.909. The molecular weight excluding hydrogens is 164 g/mol. The van der Waals surface area contributed by atoms with Crippen molar-refractivity contribution >= 4 is 5.97 Å². The normalized spacial score (nSPS) is 30.2. The summed E-state index contributed by atoms with van der Waals surface area (Å²) in [4.78, 5) is 11.7. The molecule has 2 atom stereocenters. The average molecular weight is 184 g/mol. The monoisotopic (exact) mass is 184 g/mol. The minimum Gasteiger partial charge on any atom is -0.465 e. The number of carbonyl (C=O) groups is 1. The lowest BCUT2D eigenvalue weighted by molar-refractivity contribution is -0.149. The Kier molecular flexibility index (Phi) is 3.34. The van der Waals surface area contributed by atoms with Gasteiger partial charge in [-0.3, -0.25) is 4.79 Å². The molecule has 1 heterocycles. The number of carbonyl (C=O) groups excluding carboxylic acids is 1. The first kappa shape index (κ1) is 10.6. The summed E-state index contributed by atoms with van der Waals surface area (Å²) in [6, 6.07) is 0. The van der Waals surface area contributed by atoms with Gasteiger partial charge < -0.3 is 4.74 Å². The van der Waals surface area contributed by atoms with E-state index in [1.54, 1.807) is 0 Å². The molecule has 0 amide bonds. The molecule has 0 aromatic carbocycles. The van der Waals surface area contributed by atoms with E-state index in [9.17, 15) is 4.79 Å². The quantitative estimate of drug-likeness (QED) is 0.628. The van der Waals surface area contributed by atoms with Gasteiger partial charge in [-0.1, -0.05) is 33.6 Å². The van der Waals surface area contributed by atoms with Gasteiger partial charge in [0, 0.05) is 0 Å². The molecule has 0 saturated carbocycles. The number of rotatable bonds is 4. The van der Waals surface area contributed by atoms with Crippen molar-refractivity contribution in [2.45, 2.75) is 46.5 Å². The lowest BCUT2D eigenvalue weighted by Crippen LogP contribution is -2.33. The second-order valence-corrected chi connectivity index (χ2v) is 4.10. The topological polar surface area (TPSA) is 26.3 Å². The van der Waals surface area contributed by atoms with Crippen LogP contribution in [-0.4, -0.2) is 12.6 Å². The second-order valence-electron chi connectivity index (χ2n) is 4.10. The zero-order valence-electron chi connectivity index (χ0n) is 8.93. The van der Waals surface area contributed by atoms with Crippen LogP contribution in [0.5, 0.6) is 0 Å². The molecule has 76 valence electrons. The van der Waals surface area contributed by atoms with Crippen LogP contribution in [0.1, 0.15) is 46.5 Å². The molecule has 0 N–H and O–H groups in total. The molecule has 1 saturated heterocycles. The van der Waals surface area contributed by atoms with E-state index in [1.807, 2.05) is 0 Å². The molecule has 0 bridgehead atoms. The lowest BCUT2D eigenvalue weighted by Gasteiger charge is -2.30. The minimum absolute atomic E-state index is 0.0451. The third-order valence-corrected chi connectivity index (χ3v) is 3.44. The zero-order valence-corrected chi connectivity index (χ0v) is 8.93. The predicted octanol–water partition coefficient (Wildman–Crippen LogP) is 2.77. The Morgan fingerprint density at radius 3 is 2.62 bits per heavy atom. The SMILES string of the molecule is CCCC1(C(C)CC)CCOC1=O. The molecule has 0 aromatic heterocycles. The average Bonchev–Trinajstić information content (AvgIpc) is 2.48. The molecule has 1 rings (SSSR count). The van der Waals surface area contributed by atoms with Crippen LogP contribution in [0.3, 0.4) is 0 Å². The van der Waals surface area contributed by atoms with Crippen molar-refractivity contribution in [3.63, 3.8) is 0 Å². The summed E-state index contributed by atoms with van der Waals surface area (Å²) in [6.45, 7) is 7.08. The smallest absolute Gasteiger partial charge is 0.312 e. The molecule has 2 heteroatoms. The summed E-state index contributed by atoms with van der Waals surface area (Å²) in [5.41, 5.74) is -0.149. The maximum absolute atomic E-state index is 11.7. The van der Waals surface area contributed by atoms with E-state index in [0.717, 1.165) is 25.7 Å². The first-order valence-electron chi connectivity index (χ1n) is 5.34. The predicted molar refractivity (Wildman–Crippen MR) is 52.4 cm³/mol. The van der Waals surface area contributed by atoms with E-state index in [0.29, 0.717) is 12.5 Å². The highest BCUT2D eigenvalue weighted by atomic mass is 16.5. The van der Waals surface area contributed by atoms with Gasteiger partial charge in [-0.2, -0.15) is 0 Å². The summed E-state index contributed by atoms with van der Waals surface area (Å²) >= 11 is 0. The van der Waals surface area contributed by atoms with Gasteiger partial charge in [0.1, 0.15) is 0 Å². The zero-order chi connectivity index (χ0) is 9.90. The highest BCUT2D eigenvalue weighted by molar-refractivity contribution is 5.78. The first-order chi connectivity index (χ1) is 6.17. The molecule has 2 nitrogen and oxygen atoms in total. The minimum atomic E-state index is -0.149. The van der Waals surface area contributed by atoms with E-state index >= 15 is 0 Å². The van der Waals surface area contributed by atoms with Crippen LogP contribution >= 0.6 is 0 Å². The van der Waals surface area contributed by atoms with Crippen molar-refractivity contribution in [3.8, 4) is 0 Å². The Bertz CT molecular complexity index is 189. The van der Waals surface area contributed by atoms with Gasteiger partial charge in [-0.15, -0.1) is 0 Å². The largest absolute Gasteiger partial charge is 0.465 e. The second kappa shape index (κ2) is 4.12. The van der Waals surface area contributed by atoms with E-state index in [1.165, 1.54) is 0 Å². The van der Waals surface area contributed by atoms with Gasteiger partial charge in [0.2, 0.25) is 0 Å². The molecule has 1 fully saturated rings. The summed E-state index contributed by atoms with van der Waals surface area (Å²) in [6.07, 6.45) is 4.05. The number of ether oxygens (including phenoxy) is 1. The van der Waals surface area contributed by atoms with Crippen LogP contribution in [0.15, 0.2) is 0 Å². The Morgan fingerprint density at radius 2 is 2.23 bits per heavy atom. The molecule has 0 aromatic rings. The van der Waals surface area contributed by atoms with Crippen molar-refractivity contribution in [2.24, 2.45) is 11.3 Å².